The molecule has 1 aliphatic heterocycles. The zero-order chi connectivity index (χ0) is 32.5. The van der Waals surface area contributed by atoms with Gasteiger partial charge in [0.15, 0.2) is 0 Å². The molecule has 1 fully saturated rings. The van der Waals surface area contributed by atoms with Crippen LogP contribution in [0.1, 0.15) is 38.1 Å². The van der Waals surface area contributed by atoms with Crippen molar-refractivity contribution in [1.29, 1.82) is 0 Å². The van der Waals surface area contributed by atoms with Gasteiger partial charge in [-0.1, -0.05) is 78.9 Å². The van der Waals surface area contributed by atoms with Gasteiger partial charge in [-0.3, -0.25) is 4.79 Å². The number of imidazole rings is 2. The molecule has 1 aliphatic rings. The molecule has 1 unspecified atom stereocenters. The molecule has 1 saturated heterocycles. The second-order valence-electron chi connectivity index (χ2n) is 11.5. The Morgan fingerprint density at radius 1 is 0.804 bits per heavy atom. The molecule has 0 saturated carbocycles. The number of primary amides is 2. The third kappa shape index (κ3) is 5.68. The number of carbonyl (C=O) groups excluding carboxylic acids is 3. The smallest absolute Gasteiger partial charge is 0.412 e. The van der Waals surface area contributed by atoms with Gasteiger partial charge in [-0.05, 0) is 48.9 Å². The largest absolute Gasteiger partial charge is 0.428 e. The molecule has 2 atom stereocenters. The lowest BCUT2D eigenvalue weighted by atomic mass is 9.91. The zero-order valence-corrected chi connectivity index (χ0v) is 25.3. The lowest BCUT2D eigenvalue weighted by Gasteiger charge is -2.39. The molecule has 12 heteroatoms. The van der Waals surface area contributed by atoms with Gasteiger partial charge in [0.05, 0.1) is 29.3 Å². The Morgan fingerprint density at radius 2 is 1.37 bits per heavy atom. The van der Waals surface area contributed by atoms with E-state index in [2.05, 4.69) is 15.0 Å². The van der Waals surface area contributed by atoms with Crippen molar-refractivity contribution in [3.8, 4) is 39.7 Å². The van der Waals surface area contributed by atoms with E-state index in [0.29, 0.717) is 30.0 Å². The Balaban J connectivity index is 1.20. The van der Waals surface area contributed by atoms with Crippen LogP contribution in [0, 0.1) is 0 Å². The van der Waals surface area contributed by atoms with Crippen molar-refractivity contribution in [2.45, 2.75) is 37.8 Å². The average Bonchev–Trinajstić information content (AvgIpc) is 3.82. The average molecular weight is 620 g/mol. The summed E-state index contributed by atoms with van der Waals surface area (Å²) in [5.41, 5.74) is 14.0. The first-order chi connectivity index (χ1) is 22.1. The molecule has 0 bridgehead atoms. The third-order valence-corrected chi connectivity index (χ3v) is 8.48. The molecular formula is C34H33N7O5. The fraction of sp³-hybridized carbons (Fsp3) is 0.206. The van der Waals surface area contributed by atoms with E-state index in [1.165, 1.54) is 0 Å². The first kappa shape index (κ1) is 30.1. The van der Waals surface area contributed by atoms with Crippen molar-refractivity contribution < 1.29 is 23.9 Å². The highest BCUT2D eigenvalue weighted by atomic mass is 16.6. The van der Waals surface area contributed by atoms with E-state index >= 15 is 0 Å². The van der Waals surface area contributed by atoms with Crippen molar-refractivity contribution in [1.82, 2.24) is 24.8 Å². The second kappa shape index (κ2) is 11.9. The predicted octanol–water partition coefficient (Wildman–Crippen LogP) is 5.44. The van der Waals surface area contributed by atoms with Crippen LogP contribution in [0.3, 0.4) is 0 Å². The number of aromatic nitrogens is 4. The van der Waals surface area contributed by atoms with Crippen LogP contribution in [0.5, 0.6) is 6.01 Å². The van der Waals surface area contributed by atoms with Gasteiger partial charge in [0.1, 0.15) is 5.82 Å². The molecule has 12 nitrogen and oxygen atoms in total. The normalized spacial score (nSPS) is 17.3. The summed E-state index contributed by atoms with van der Waals surface area (Å²) in [6.45, 7) is 4.02. The van der Waals surface area contributed by atoms with E-state index < -0.39 is 23.3 Å². The Hall–Kier alpha value is -5.91. The van der Waals surface area contributed by atoms with Gasteiger partial charge in [0.2, 0.25) is 5.60 Å². The lowest BCUT2D eigenvalue weighted by molar-refractivity contribution is -0.155. The molecule has 5 aromatic rings. The Morgan fingerprint density at radius 3 is 1.96 bits per heavy atom. The summed E-state index contributed by atoms with van der Waals surface area (Å²) in [6, 6.07) is 24.9. The number of nitrogens with one attached hydrogen (secondary N) is 2. The number of aromatic amines is 2. The number of ether oxygens (including phenoxy) is 2. The van der Waals surface area contributed by atoms with Crippen LogP contribution in [0.25, 0.3) is 33.6 Å². The van der Waals surface area contributed by atoms with Crippen LogP contribution < -0.4 is 16.2 Å². The summed E-state index contributed by atoms with van der Waals surface area (Å²) in [6.07, 6.45) is 2.81. The van der Waals surface area contributed by atoms with Gasteiger partial charge in [-0.25, -0.2) is 19.6 Å². The molecule has 234 valence electrons. The van der Waals surface area contributed by atoms with Gasteiger partial charge in [0.25, 0.3) is 5.91 Å². The topological polar surface area (TPSA) is 182 Å². The number of amides is 3. The number of carbonyl (C=O) groups is 3. The predicted molar refractivity (Wildman–Crippen MR) is 170 cm³/mol. The molecule has 3 heterocycles. The molecule has 3 amide bonds. The Kier molecular flexibility index (Phi) is 7.78. The molecule has 0 aliphatic carbocycles. The van der Waals surface area contributed by atoms with Crippen LogP contribution in [0.4, 0.5) is 9.59 Å². The van der Waals surface area contributed by atoms with Crippen molar-refractivity contribution >= 4 is 18.1 Å². The third-order valence-electron chi connectivity index (χ3n) is 8.48. The number of likely N-dealkylation sites (tertiary alicyclic amines) is 1. The quantitative estimate of drug-likeness (QED) is 0.178. The van der Waals surface area contributed by atoms with Crippen LogP contribution >= 0.6 is 0 Å². The van der Waals surface area contributed by atoms with Crippen LogP contribution in [-0.2, 0) is 20.7 Å². The van der Waals surface area contributed by atoms with Gasteiger partial charge in [-0.2, -0.15) is 0 Å². The number of hydrogen-bond donors (Lipinski definition) is 4. The van der Waals surface area contributed by atoms with E-state index in [9.17, 15) is 14.4 Å². The maximum absolute atomic E-state index is 14.1. The summed E-state index contributed by atoms with van der Waals surface area (Å²) in [4.78, 5) is 53.8. The van der Waals surface area contributed by atoms with Crippen LogP contribution in [-0.4, -0.2) is 49.5 Å². The fourth-order valence-corrected chi connectivity index (χ4v) is 6.00. The summed E-state index contributed by atoms with van der Waals surface area (Å²) in [5, 5.41) is 0. The zero-order valence-electron chi connectivity index (χ0n) is 25.3. The van der Waals surface area contributed by atoms with Gasteiger partial charge in [-0.15, -0.1) is 0 Å². The van der Waals surface area contributed by atoms with E-state index in [1.54, 1.807) is 48.5 Å². The molecule has 0 spiro atoms. The molecule has 0 radical (unpaired) electrons. The fourth-order valence-electron chi connectivity index (χ4n) is 6.00. The van der Waals surface area contributed by atoms with Crippen LogP contribution in [0.2, 0.25) is 0 Å². The van der Waals surface area contributed by atoms with Gasteiger partial charge in [0, 0.05) is 12.1 Å². The number of hydrogen-bond acceptors (Lipinski definition) is 7. The SMILES string of the molecule is CC1(c2ncc(-c3ccc(-c4ccc(-c5cnc(OC(N)=O)[nH]5)cc4)cc3)[nH]2)CCCN1C(=O)[C@@](C)(OC(N)=O)c1ccccc1. The monoisotopic (exact) mass is 619 g/mol. The van der Waals surface area contributed by atoms with Crippen molar-refractivity contribution in [3.05, 3.63) is 103 Å². The lowest BCUT2D eigenvalue weighted by Crippen LogP contribution is -2.53. The number of benzene rings is 3. The van der Waals surface area contributed by atoms with E-state index in [-0.39, 0.29) is 11.9 Å². The van der Waals surface area contributed by atoms with Crippen molar-refractivity contribution in [2.24, 2.45) is 11.5 Å². The summed E-state index contributed by atoms with van der Waals surface area (Å²) < 4.78 is 10.3. The van der Waals surface area contributed by atoms with Gasteiger partial charge >= 0.3 is 18.2 Å². The summed E-state index contributed by atoms with van der Waals surface area (Å²) in [5.74, 6) is 0.281. The Labute approximate surface area is 264 Å². The second-order valence-corrected chi connectivity index (χ2v) is 11.5. The first-order valence-corrected chi connectivity index (χ1v) is 14.7. The van der Waals surface area contributed by atoms with E-state index in [0.717, 1.165) is 34.4 Å². The number of nitrogens with zero attached hydrogens (tertiary/aromatic N) is 3. The number of rotatable bonds is 8. The minimum atomic E-state index is -1.59. The molecule has 3 aromatic carbocycles. The highest BCUT2D eigenvalue weighted by molar-refractivity contribution is 5.89. The first-order valence-electron chi connectivity index (χ1n) is 14.7. The highest BCUT2D eigenvalue weighted by Gasteiger charge is 2.51. The summed E-state index contributed by atoms with van der Waals surface area (Å²) in [7, 11) is 0. The molecule has 6 N–H and O–H groups in total. The number of nitrogens with two attached hydrogens (primary N) is 2. The minimum Gasteiger partial charge on any atom is -0.428 e. The molecular weight excluding hydrogens is 586 g/mol. The van der Waals surface area contributed by atoms with Crippen LogP contribution in [0.15, 0.2) is 91.3 Å². The van der Waals surface area contributed by atoms with E-state index in [4.69, 9.17) is 25.9 Å². The molecule has 2 aromatic heterocycles. The van der Waals surface area contributed by atoms with Crippen molar-refractivity contribution in [2.75, 3.05) is 6.54 Å². The standard InChI is InChI=1S/C34H33N7O5/c1-33(17-6-18-41(33)29(42)34(2,46-31(36)44)25-7-4-3-5-8-25)28-37-19-26(39-28)23-13-9-21(10-14-23)22-11-15-24(16-12-22)27-20-38-32(40-27)45-30(35)43/h3-5,7-16,19-20H,6,17-18H2,1-2H3,(H2,35,43)(H2,36,44)(H,37,39)(H,38,40)/t33?,34-/m0/s1. The molecule has 46 heavy (non-hydrogen) atoms. The highest BCUT2D eigenvalue weighted by Crippen LogP contribution is 2.41. The van der Waals surface area contributed by atoms with Crippen molar-refractivity contribution in [3.63, 3.8) is 0 Å². The maximum Gasteiger partial charge on any atom is 0.412 e. The van der Waals surface area contributed by atoms with Gasteiger partial charge < -0.3 is 35.8 Å². The Bertz CT molecular complexity index is 1880. The minimum absolute atomic E-state index is 0.0353. The maximum atomic E-state index is 14.1. The number of H-pyrrole nitrogens is 2. The van der Waals surface area contributed by atoms with E-state index in [1.807, 2.05) is 61.5 Å². The molecule has 6 rings (SSSR count). The summed E-state index contributed by atoms with van der Waals surface area (Å²) >= 11 is 0.